The Morgan fingerprint density at radius 3 is 2.50 bits per heavy atom. The van der Waals surface area contributed by atoms with Crippen LogP contribution >= 0.6 is 0 Å². The fourth-order valence-corrected chi connectivity index (χ4v) is 3.45. The third-order valence-electron chi connectivity index (χ3n) is 4.89. The summed E-state index contributed by atoms with van der Waals surface area (Å²) in [5, 5.41) is 2.82. The maximum Gasteiger partial charge on any atom is 0.220 e. The van der Waals surface area contributed by atoms with Crippen molar-refractivity contribution in [3.63, 3.8) is 0 Å². The Morgan fingerprint density at radius 2 is 1.83 bits per heavy atom. The standard InChI is InChI=1S/C21H23NO2/c1-15-7-5-6-10-18(15)19(16-8-3-2-4-9-16)13-20(23)17-11-12-21(24)22-14-17/h2-10,17,19H,11-14H2,1H3,(H,22,24)/t17?,19-/m1/s1. The van der Waals surface area contributed by atoms with Crippen LogP contribution in [-0.2, 0) is 9.59 Å². The van der Waals surface area contributed by atoms with E-state index in [1.54, 1.807) is 0 Å². The maximum absolute atomic E-state index is 12.8. The fraction of sp³-hybridized carbons (Fsp3) is 0.333. The summed E-state index contributed by atoms with van der Waals surface area (Å²) in [5.74, 6) is 0.306. The summed E-state index contributed by atoms with van der Waals surface area (Å²) in [5.41, 5.74) is 3.58. The Kier molecular flexibility index (Phi) is 5.09. The molecular formula is C21H23NO2. The van der Waals surface area contributed by atoms with Crippen LogP contribution in [-0.4, -0.2) is 18.2 Å². The minimum Gasteiger partial charge on any atom is -0.355 e. The van der Waals surface area contributed by atoms with Crippen LogP contribution in [0.4, 0.5) is 0 Å². The molecule has 2 atom stereocenters. The highest BCUT2D eigenvalue weighted by molar-refractivity contribution is 5.86. The molecule has 3 rings (SSSR count). The van der Waals surface area contributed by atoms with Crippen LogP contribution in [0.15, 0.2) is 54.6 Å². The molecule has 0 bridgehead atoms. The number of carbonyl (C=O) groups is 2. The van der Waals surface area contributed by atoms with Gasteiger partial charge in [0.2, 0.25) is 5.91 Å². The number of piperidine rings is 1. The molecule has 1 aliphatic rings. The first-order chi connectivity index (χ1) is 11.6. The van der Waals surface area contributed by atoms with E-state index in [9.17, 15) is 9.59 Å². The first kappa shape index (κ1) is 16.4. The van der Waals surface area contributed by atoms with Gasteiger partial charge in [-0.05, 0) is 30.0 Å². The predicted octanol–water partition coefficient (Wildman–Crippen LogP) is 3.61. The van der Waals surface area contributed by atoms with Gasteiger partial charge in [-0.1, -0.05) is 54.6 Å². The molecule has 0 aromatic heterocycles. The molecule has 1 fully saturated rings. The molecule has 1 heterocycles. The molecule has 1 N–H and O–H groups in total. The van der Waals surface area contributed by atoms with E-state index < -0.39 is 0 Å². The molecule has 0 saturated carbocycles. The number of benzene rings is 2. The normalized spacial score (nSPS) is 18.7. The molecule has 24 heavy (non-hydrogen) atoms. The van der Waals surface area contributed by atoms with Crippen LogP contribution in [0.25, 0.3) is 0 Å². The molecular weight excluding hydrogens is 298 g/mol. The molecule has 3 nitrogen and oxygen atoms in total. The molecule has 1 aliphatic heterocycles. The second-order valence-corrected chi connectivity index (χ2v) is 6.53. The summed E-state index contributed by atoms with van der Waals surface area (Å²) in [7, 11) is 0. The van der Waals surface area contributed by atoms with E-state index in [0.717, 1.165) is 0 Å². The minimum atomic E-state index is -0.0575. The molecule has 3 heteroatoms. The van der Waals surface area contributed by atoms with Gasteiger partial charge in [-0.15, -0.1) is 0 Å². The number of rotatable bonds is 5. The topological polar surface area (TPSA) is 46.2 Å². The van der Waals surface area contributed by atoms with Crippen LogP contribution in [0.5, 0.6) is 0 Å². The summed E-state index contributed by atoms with van der Waals surface area (Å²) in [6.07, 6.45) is 1.60. The lowest BCUT2D eigenvalue weighted by atomic mass is 9.81. The minimum absolute atomic E-state index is 0.0533. The van der Waals surface area contributed by atoms with Gasteiger partial charge in [0, 0.05) is 31.2 Å². The van der Waals surface area contributed by atoms with Crippen LogP contribution in [0, 0.1) is 12.8 Å². The van der Waals surface area contributed by atoms with Crippen molar-refractivity contribution in [2.24, 2.45) is 5.92 Å². The van der Waals surface area contributed by atoms with Crippen LogP contribution in [0.2, 0.25) is 0 Å². The Labute approximate surface area is 143 Å². The highest BCUT2D eigenvalue weighted by Crippen LogP contribution is 2.32. The number of Topliss-reactive ketones (excluding diaryl/α,β-unsaturated/α-hetero) is 1. The van der Waals surface area contributed by atoms with Gasteiger partial charge in [-0.3, -0.25) is 9.59 Å². The number of nitrogens with one attached hydrogen (secondary N) is 1. The number of aryl methyl sites for hydroxylation is 1. The lowest BCUT2D eigenvalue weighted by Crippen LogP contribution is -2.38. The molecule has 1 amide bonds. The lowest BCUT2D eigenvalue weighted by molar-refractivity contribution is -0.127. The molecule has 124 valence electrons. The highest BCUT2D eigenvalue weighted by Gasteiger charge is 2.28. The van der Waals surface area contributed by atoms with Crippen molar-refractivity contribution in [3.8, 4) is 0 Å². The molecule has 0 aliphatic carbocycles. The quantitative estimate of drug-likeness (QED) is 0.914. The van der Waals surface area contributed by atoms with Crippen molar-refractivity contribution in [1.29, 1.82) is 0 Å². The van der Waals surface area contributed by atoms with Gasteiger partial charge in [0.25, 0.3) is 0 Å². The number of hydrogen-bond donors (Lipinski definition) is 1. The van der Waals surface area contributed by atoms with Gasteiger partial charge >= 0.3 is 0 Å². The summed E-state index contributed by atoms with van der Waals surface area (Å²) in [6.45, 7) is 2.57. The van der Waals surface area contributed by atoms with Gasteiger partial charge in [0.1, 0.15) is 5.78 Å². The number of amides is 1. The van der Waals surface area contributed by atoms with Gasteiger partial charge in [-0.2, -0.15) is 0 Å². The van der Waals surface area contributed by atoms with Crippen molar-refractivity contribution in [2.45, 2.75) is 32.1 Å². The maximum atomic E-state index is 12.8. The number of hydrogen-bond acceptors (Lipinski definition) is 2. The van der Waals surface area contributed by atoms with Crippen LogP contribution in [0.1, 0.15) is 41.9 Å². The molecule has 2 aromatic carbocycles. The molecule has 1 saturated heterocycles. The summed E-state index contributed by atoms with van der Waals surface area (Å²) >= 11 is 0. The zero-order valence-corrected chi connectivity index (χ0v) is 14.0. The molecule has 1 unspecified atom stereocenters. The van der Waals surface area contributed by atoms with Gasteiger partial charge < -0.3 is 5.32 Å². The van der Waals surface area contributed by atoms with Crippen LogP contribution in [0.3, 0.4) is 0 Å². The second kappa shape index (κ2) is 7.43. The fourth-order valence-electron chi connectivity index (χ4n) is 3.45. The van der Waals surface area contributed by atoms with E-state index in [1.807, 2.05) is 30.3 Å². The van der Waals surface area contributed by atoms with E-state index >= 15 is 0 Å². The van der Waals surface area contributed by atoms with E-state index in [1.165, 1.54) is 16.7 Å². The van der Waals surface area contributed by atoms with Crippen LogP contribution < -0.4 is 5.32 Å². The largest absolute Gasteiger partial charge is 0.355 e. The van der Waals surface area contributed by atoms with Crippen molar-refractivity contribution in [2.75, 3.05) is 6.54 Å². The summed E-state index contributed by atoms with van der Waals surface area (Å²) in [6, 6.07) is 18.5. The molecule has 0 spiro atoms. The average Bonchev–Trinajstić information content (AvgIpc) is 2.61. The SMILES string of the molecule is Cc1ccccc1[C@H](CC(=O)C1CCC(=O)NC1)c1ccccc1. The Hall–Kier alpha value is -2.42. The van der Waals surface area contributed by atoms with Gasteiger partial charge in [0.05, 0.1) is 0 Å². The number of ketones is 1. The van der Waals surface area contributed by atoms with Crippen molar-refractivity contribution in [1.82, 2.24) is 5.32 Å². The monoisotopic (exact) mass is 321 g/mol. The Bertz CT molecular complexity index is 714. The third kappa shape index (κ3) is 3.73. The van der Waals surface area contributed by atoms with Gasteiger partial charge in [0.15, 0.2) is 0 Å². The Balaban J connectivity index is 1.84. The zero-order chi connectivity index (χ0) is 16.9. The van der Waals surface area contributed by atoms with E-state index in [4.69, 9.17) is 0 Å². The van der Waals surface area contributed by atoms with E-state index in [2.05, 4.69) is 36.5 Å². The van der Waals surface area contributed by atoms with Gasteiger partial charge in [-0.25, -0.2) is 0 Å². The molecule has 2 aromatic rings. The second-order valence-electron chi connectivity index (χ2n) is 6.53. The zero-order valence-electron chi connectivity index (χ0n) is 14.0. The van der Waals surface area contributed by atoms with E-state index in [-0.39, 0.29) is 23.5 Å². The summed E-state index contributed by atoms with van der Waals surface area (Å²) < 4.78 is 0. The third-order valence-corrected chi connectivity index (χ3v) is 4.89. The average molecular weight is 321 g/mol. The number of carbonyl (C=O) groups excluding carboxylic acids is 2. The van der Waals surface area contributed by atoms with E-state index in [0.29, 0.717) is 25.8 Å². The Morgan fingerprint density at radius 1 is 1.12 bits per heavy atom. The lowest BCUT2D eigenvalue weighted by Gasteiger charge is -2.25. The summed E-state index contributed by atoms with van der Waals surface area (Å²) in [4.78, 5) is 24.1. The smallest absolute Gasteiger partial charge is 0.220 e. The van der Waals surface area contributed by atoms with Crippen molar-refractivity contribution in [3.05, 3.63) is 71.3 Å². The first-order valence-corrected chi connectivity index (χ1v) is 8.55. The first-order valence-electron chi connectivity index (χ1n) is 8.55. The molecule has 0 radical (unpaired) electrons. The van der Waals surface area contributed by atoms with Crippen molar-refractivity contribution < 1.29 is 9.59 Å². The highest BCUT2D eigenvalue weighted by atomic mass is 16.2. The predicted molar refractivity (Wildman–Crippen MR) is 94.8 cm³/mol. The van der Waals surface area contributed by atoms with Crippen molar-refractivity contribution >= 4 is 11.7 Å².